The van der Waals surface area contributed by atoms with Gasteiger partial charge in [-0.2, -0.15) is 0 Å². The van der Waals surface area contributed by atoms with Crippen molar-refractivity contribution in [3.8, 4) is 28.7 Å². The van der Waals surface area contributed by atoms with Crippen molar-refractivity contribution in [3.05, 3.63) is 88.5 Å². The molecule has 1 heterocycles. The van der Waals surface area contributed by atoms with Gasteiger partial charge in [-0.25, -0.2) is 0 Å². The molecular weight excluding hydrogens is 618 g/mol. The topological polar surface area (TPSA) is 143 Å². The number of nitrogens with one attached hydrogen (secondary N) is 1. The molecule has 7 rings (SSSR count). The van der Waals surface area contributed by atoms with Crippen LogP contribution < -0.4 is 5.32 Å². The average molecular weight is 666 g/mol. The summed E-state index contributed by atoms with van der Waals surface area (Å²) in [6.45, 7) is 1.53. The van der Waals surface area contributed by atoms with Gasteiger partial charge in [0.15, 0.2) is 23.0 Å². The van der Waals surface area contributed by atoms with Crippen LogP contribution in [0.25, 0.3) is 22.9 Å². The predicted molar refractivity (Wildman–Crippen MR) is 191 cm³/mol. The zero-order valence-corrected chi connectivity index (χ0v) is 27.9. The van der Waals surface area contributed by atoms with Gasteiger partial charge in [0, 0.05) is 30.2 Å². The Balaban J connectivity index is 1.05. The maximum absolute atomic E-state index is 11.2. The molecule has 7 N–H and O–H groups in total. The molecule has 3 aliphatic rings. The van der Waals surface area contributed by atoms with Gasteiger partial charge >= 0.3 is 0 Å². The van der Waals surface area contributed by atoms with E-state index in [1.165, 1.54) is 36.6 Å². The fraction of sp³-hybridized carbons (Fsp3) is 0.415. The lowest BCUT2D eigenvalue weighted by molar-refractivity contribution is -0.188. The Morgan fingerprint density at radius 3 is 2.33 bits per heavy atom. The number of hydrogen-bond acceptors (Lipinski definition) is 8. The lowest BCUT2D eigenvalue weighted by Crippen LogP contribution is -2.57. The Morgan fingerprint density at radius 1 is 0.755 bits per heavy atom. The first kappa shape index (κ1) is 33.3. The lowest BCUT2D eigenvalue weighted by atomic mass is 9.59. The van der Waals surface area contributed by atoms with E-state index in [-0.39, 0.29) is 51.3 Å². The molecule has 8 nitrogen and oxygen atoms in total. The van der Waals surface area contributed by atoms with Crippen LogP contribution in [-0.2, 0) is 24.1 Å². The molecule has 4 aromatic rings. The maximum Gasteiger partial charge on any atom is 0.169 e. The molecule has 0 radical (unpaired) electrons. The minimum atomic E-state index is -0.359. The number of aliphatic hydroxyl groups is 1. The maximum atomic E-state index is 11.2. The number of aliphatic hydroxyl groups excluding tert-OH is 1. The smallest absolute Gasteiger partial charge is 0.169 e. The largest absolute Gasteiger partial charge is 0.507 e. The van der Waals surface area contributed by atoms with Gasteiger partial charge in [-0.05, 0) is 104 Å². The number of hydrogen-bond donors (Lipinski definition) is 7. The van der Waals surface area contributed by atoms with Crippen LogP contribution in [0.4, 0.5) is 0 Å². The van der Waals surface area contributed by atoms with Crippen LogP contribution in [0.1, 0.15) is 85.6 Å². The summed E-state index contributed by atoms with van der Waals surface area (Å²) in [5.41, 5.74) is 4.11. The molecule has 0 aromatic heterocycles. The number of aromatic hydroxyl groups is 5. The number of phenols is 5. The van der Waals surface area contributed by atoms with Gasteiger partial charge in [0.25, 0.3) is 0 Å². The number of aryl methyl sites for hydroxylation is 1. The Morgan fingerprint density at radius 2 is 1.55 bits per heavy atom. The molecule has 1 aliphatic heterocycles. The summed E-state index contributed by atoms with van der Waals surface area (Å²) in [7, 11) is 0. The SMILES string of the molecule is Oc1ccc(C=Cc2c(CCc3ccc(CNC4CCOC5(CCCCC56CCC(O)C6)C4)cc3)c(O)c(O)c3c(O)cccc23)cc1O. The monoisotopic (exact) mass is 665 g/mol. The zero-order chi connectivity index (χ0) is 34.2. The summed E-state index contributed by atoms with van der Waals surface area (Å²) in [6, 6.07) is 18.3. The Kier molecular flexibility index (Phi) is 9.22. The Labute approximate surface area is 287 Å². The van der Waals surface area contributed by atoms with Crippen LogP contribution in [0.2, 0.25) is 0 Å². The molecule has 2 aliphatic carbocycles. The minimum absolute atomic E-state index is 0.119. The van der Waals surface area contributed by atoms with Crippen LogP contribution in [0.3, 0.4) is 0 Å². The van der Waals surface area contributed by atoms with Crippen molar-refractivity contribution < 1.29 is 35.4 Å². The minimum Gasteiger partial charge on any atom is -0.507 e. The van der Waals surface area contributed by atoms with Gasteiger partial charge in [0.05, 0.1) is 17.1 Å². The highest BCUT2D eigenvalue weighted by Crippen LogP contribution is 2.59. The standard InChI is InChI=1S/C41H47NO7/c43-30-16-20-40(24-30)18-1-2-19-41(40)23-29(17-21-49-41)42-25-28-8-6-26(7-9-28)10-14-33-31(13-11-27-12-15-34(44)36(46)22-27)32-4-3-5-35(45)37(32)39(48)38(33)47/h3-9,11-13,15,22,29-30,42-48H,1-2,10,14,16-21,23-25H2. The van der Waals surface area contributed by atoms with E-state index in [2.05, 4.69) is 29.6 Å². The molecule has 4 atom stereocenters. The molecule has 0 bridgehead atoms. The van der Waals surface area contributed by atoms with Crippen LogP contribution in [-0.4, -0.2) is 55.0 Å². The number of fused-ring (bicyclic) bond motifs is 2. The zero-order valence-electron chi connectivity index (χ0n) is 27.9. The summed E-state index contributed by atoms with van der Waals surface area (Å²) in [6.07, 6.45) is 13.9. The van der Waals surface area contributed by atoms with Crippen molar-refractivity contribution >= 4 is 22.9 Å². The lowest BCUT2D eigenvalue weighted by Gasteiger charge is -2.55. The average Bonchev–Trinajstić information content (AvgIpc) is 3.49. The van der Waals surface area contributed by atoms with Gasteiger partial charge in [-0.1, -0.05) is 67.5 Å². The highest BCUT2D eigenvalue weighted by Gasteiger charge is 2.57. The van der Waals surface area contributed by atoms with Crippen molar-refractivity contribution in [3.63, 3.8) is 0 Å². The summed E-state index contributed by atoms with van der Waals surface area (Å²) in [4.78, 5) is 0. The van der Waals surface area contributed by atoms with Crippen LogP contribution >= 0.6 is 0 Å². The molecule has 3 fully saturated rings. The third kappa shape index (κ3) is 6.45. The highest BCUT2D eigenvalue weighted by atomic mass is 16.5. The molecule has 1 saturated heterocycles. The third-order valence-electron chi connectivity index (χ3n) is 11.6. The fourth-order valence-corrected chi connectivity index (χ4v) is 8.97. The number of benzene rings is 4. The van der Waals surface area contributed by atoms with Crippen LogP contribution in [0, 0.1) is 5.41 Å². The molecule has 49 heavy (non-hydrogen) atoms. The van der Waals surface area contributed by atoms with Crippen molar-refractivity contribution in [1.29, 1.82) is 0 Å². The molecule has 2 saturated carbocycles. The molecule has 4 unspecified atom stereocenters. The fourth-order valence-electron chi connectivity index (χ4n) is 8.97. The van der Waals surface area contributed by atoms with Gasteiger partial charge in [-0.15, -0.1) is 0 Å². The van der Waals surface area contributed by atoms with Crippen molar-refractivity contribution in [2.75, 3.05) is 6.61 Å². The second-order valence-electron chi connectivity index (χ2n) is 14.5. The van der Waals surface area contributed by atoms with Crippen LogP contribution in [0.15, 0.2) is 60.7 Å². The van der Waals surface area contributed by atoms with Crippen molar-refractivity contribution in [1.82, 2.24) is 5.32 Å². The molecule has 8 heteroatoms. The second-order valence-corrected chi connectivity index (χ2v) is 14.5. The van der Waals surface area contributed by atoms with E-state index in [9.17, 15) is 30.6 Å². The summed E-state index contributed by atoms with van der Waals surface area (Å²) in [5, 5.41) is 67.4. The van der Waals surface area contributed by atoms with Crippen molar-refractivity contribution in [2.45, 2.75) is 94.9 Å². The molecule has 4 aromatic carbocycles. The normalized spacial score (nSPS) is 25.6. The van der Waals surface area contributed by atoms with E-state index in [4.69, 9.17) is 4.74 Å². The van der Waals surface area contributed by atoms with Gasteiger partial charge < -0.3 is 40.7 Å². The van der Waals surface area contributed by atoms with E-state index in [1.807, 2.05) is 0 Å². The quantitative estimate of drug-likeness (QED) is 0.0761. The molecule has 258 valence electrons. The first-order valence-corrected chi connectivity index (χ1v) is 17.7. The molecule has 0 amide bonds. The van der Waals surface area contributed by atoms with E-state index >= 15 is 0 Å². The Bertz CT molecular complexity index is 1850. The second kappa shape index (κ2) is 13.6. The third-order valence-corrected chi connectivity index (χ3v) is 11.6. The Hall–Kier alpha value is -4.24. The molecular formula is C41H47NO7. The van der Waals surface area contributed by atoms with Crippen molar-refractivity contribution in [2.24, 2.45) is 5.41 Å². The van der Waals surface area contributed by atoms with E-state index in [0.717, 1.165) is 63.7 Å². The van der Waals surface area contributed by atoms with Gasteiger partial charge in [0.1, 0.15) is 5.75 Å². The van der Waals surface area contributed by atoms with E-state index in [1.54, 1.807) is 30.4 Å². The predicted octanol–water partition coefficient (Wildman–Crippen LogP) is 7.44. The number of rotatable bonds is 8. The number of ether oxygens (including phenoxy) is 1. The first-order chi connectivity index (χ1) is 23.7. The summed E-state index contributed by atoms with van der Waals surface area (Å²) in [5.74, 6) is -1.22. The van der Waals surface area contributed by atoms with Gasteiger partial charge in [0.2, 0.25) is 0 Å². The highest BCUT2D eigenvalue weighted by molar-refractivity contribution is 6.03. The van der Waals surface area contributed by atoms with Crippen LogP contribution in [0.5, 0.6) is 28.7 Å². The van der Waals surface area contributed by atoms with E-state index < -0.39 is 0 Å². The number of phenolic OH excluding ortho intramolecular Hbond substituents is 5. The summed E-state index contributed by atoms with van der Waals surface area (Å²) >= 11 is 0. The molecule has 2 spiro atoms. The summed E-state index contributed by atoms with van der Waals surface area (Å²) < 4.78 is 6.63. The van der Waals surface area contributed by atoms with E-state index in [0.29, 0.717) is 41.0 Å². The van der Waals surface area contributed by atoms with Gasteiger partial charge in [-0.3, -0.25) is 0 Å². The first-order valence-electron chi connectivity index (χ1n) is 17.7.